The molecule has 1 saturated carbocycles. The zero-order valence-corrected chi connectivity index (χ0v) is 15.9. The average molecular weight is 369 g/mol. The van der Waals surface area contributed by atoms with Crippen molar-refractivity contribution in [3.8, 4) is 0 Å². The van der Waals surface area contributed by atoms with E-state index in [-0.39, 0.29) is 23.0 Å². The van der Waals surface area contributed by atoms with Crippen LogP contribution in [0.4, 0.5) is 0 Å². The summed E-state index contributed by atoms with van der Waals surface area (Å²) in [5.74, 6) is 0.0366. The van der Waals surface area contributed by atoms with Crippen LogP contribution in [0.25, 0.3) is 0 Å². The van der Waals surface area contributed by atoms with Crippen LogP contribution in [0, 0.1) is 0 Å². The maximum Gasteiger partial charge on any atom is 0.262 e. The lowest BCUT2D eigenvalue weighted by Crippen LogP contribution is -2.55. The van der Waals surface area contributed by atoms with Gasteiger partial charge in [-0.05, 0) is 33.6 Å². The minimum absolute atomic E-state index is 0.0366. The lowest BCUT2D eigenvalue weighted by molar-refractivity contribution is -0.126. The normalized spacial score (nSPS) is 21.4. The Morgan fingerprint density at radius 1 is 1.20 bits per heavy atom. The molecule has 1 aromatic rings. The molecule has 0 aromatic carbocycles. The Bertz CT molecular complexity index is 718. The van der Waals surface area contributed by atoms with Gasteiger partial charge in [-0.3, -0.25) is 9.69 Å². The molecule has 140 valence electrons. The first kappa shape index (κ1) is 18.3. The predicted molar refractivity (Wildman–Crippen MR) is 93.6 cm³/mol. The van der Waals surface area contributed by atoms with Gasteiger partial charge in [0.1, 0.15) is 0 Å². The molecule has 1 unspecified atom stereocenters. The molecule has 1 saturated heterocycles. The van der Waals surface area contributed by atoms with Gasteiger partial charge in [-0.2, -0.15) is 4.31 Å². The van der Waals surface area contributed by atoms with Gasteiger partial charge in [0.25, 0.3) is 10.0 Å². The highest BCUT2D eigenvalue weighted by Gasteiger charge is 2.34. The van der Waals surface area contributed by atoms with Crippen molar-refractivity contribution in [1.82, 2.24) is 24.1 Å². The van der Waals surface area contributed by atoms with E-state index in [9.17, 15) is 13.2 Å². The van der Waals surface area contributed by atoms with E-state index in [0.29, 0.717) is 32.2 Å². The van der Waals surface area contributed by atoms with Crippen molar-refractivity contribution in [2.45, 2.75) is 56.8 Å². The molecule has 8 nitrogen and oxygen atoms in total. The maximum absolute atomic E-state index is 12.7. The van der Waals surface area contributed by atoms with Crippen molar-refractivity contribution in [3.05, 3.63) is 12.5 Å². The lowest BCUT2D eigenvalue weighted by atomic mass is 10.2. The fraction of sp³-hybridized carbons (Fsp3) is 0.750. The molecule has 0 bridgehead atoms. The van der Waals surface area contributed by atoms with Crippen LogP contribution in [0.3, 0.4) is 0 Å². The van der Waals surface area contributed by atoms with Crippen molar-refractivity contribution >= 4 is 15.9 Å². The Hall–Kier alpha value is -1.45. The number of sulfonamides is 1. The van der Waals surface area contributed by atoms with Gasteiger partial charge < -0.3 is 9.88 Å². The molecule has 0 radical (unpaired) electrons. The molecule has 2 aliphatic rings. The summed E-state index contributed by atoms with van der Waals surface area (Å²) in [5.41, 5.74) is 0. The molecule has 1 atom stereocenters. The quantitative estimate of drug-likeness (QED) is 0.786. The molecule has 25 heavy (non-hydrogen) atoms. The molecule has 0 spiro atoms. The van der Waals surface area contributed by atoms with Crippen molar-refractivity contribution in [1.29, 1.82) is 0 Å². The standard InChI is InChI=1S/C16H27N5O3S/c1-12(2)20-10-15(17-11-20)25(23,24)21-8-6-19(7-9-21)13(3)16(22)18-14-4-5-14/h10-14H,4-9H2,1-3H3,(H,18,22). The largest absolute Gasteiger partial charge is 0.352 e. The lowest BCUT2D eigenvalue weighted by Gasteiger charge is -2.36. The first-order valence-corrected chi connectivity index (χ1v) is 10.3. The molecule has 9 heteroatoms. The topological polar surface area (TPSA) is 87.5 Å². The second-order valence-electron chi connectivity index (χ2n) is 7.15. The highest BCUT2D eigenvalue weighted by Crippen LogP contribution is 2.20. The van der Waals surface area contributed by atoms with Crippen LogP contribution in [0.5, 0.6) is 0 Å². The monoisotopic (exact) mass is 369 g/mol. The summed E-state index contributed by atoms with van der Waals surface area (Å²) in [5, 5.41) is 3.10. The molecule has 1 aliphatic heterocycles. The third kappa shape index (κ3) is 4.04. The molecular formula is C16H27N5O3S. The number of rotatable bonds is 6. The fourth-order valence-electron chi connectivity index (χ4n) is 2.91. The fourth-order valence-corrected chi connectivity index (χ4v) is 4.26. The zero-order valence-electron chi connectivity index (χ0n) is 15.1. The Labute approximate surface area is 149 Å². The van der Waals surface area contributed by atoms with Crippen LogP contribution >= 0.6 is 0 Å². The van der Waals surface area contributed by atoms with Crippen molar-refractivity contribution < 1.29 is 13.2 Å². The summed E-state index contributed by atoms with van der Waals surface area (Å²) in [6.45, 7) is 7.67. The van der Waals surface area contributed by atoms with Crippen molar-refractivity contribution in [3.63, 3.8) is 0 Å². The number of piperazine rings is 1. The molecule has 3 rings (SSSR count). The number of carbonyl (C=O) groups excluding carboxylic acids is 1. The minimum atomic E-state index is -3.58. The van der Waals surface area contributed by atoms with E-state index < -0.39 is 10.0 Å². The van der Waals surface area contributed by atoms with E-state index in [1.807, 2.05) is 25.7 Å². The van der Waals surface area contributed by atoms with Gasteiger partial charge in [0.05, 0.1) is 12.4 Å². The van der Waals surface area contributed by atoms with Gasteiger partial charge in [-0.15, -0.1) is 0 Å². The third-order valence-corrected chi connectivity index (χ3v) is 6.69. The maximum atomic E-state index is 12.7. The van der Waals surface area contributed by atoms with Crippen LogP contribution in [0.1, 0.15) is 39.7 Å². The summed E-state index contributed by atoms with van der Waals surface area (Å²) in [6.07, 6.45) is 5.26. The first-order chi connectivity index (χ1) is 11.8. The Morgan fingerprint density at radius 3 is 2.36 bits per heavy atom. The summed E-state index contributed by atoms with van der Waals surface area (Å²) in [7, 11) is -3.58. The molecule has 1 aromatic heterocycles. The van der Waals surface area contributed by atoms with Crippen molar-refractivity contribution in [2.24, 2.45) is 0 Å². The van der Waals surface area contributed by atoms with Crippen LogP contribution in [0.2, 0.25) is 0 Å². The van der Waals surface area contributed by atoms with Gasteiger partial charge in [-0.1, -0.05) is 0 Å². The summed E-state index contributed by atoms with van der Waals surface area (Å²) >= 11 is 0. The number of imidazole rings is 1. The van der Waals surface area contributed by atoms with Gasteiger partial charge in [-0.25, -0.2) is 13.4 Å². The van der Waals surface area contributed by atoms with Crippen LogP contribution < -0.4 is 5.32 Å². The van der Waals surface area contributed by atoms with Gasteiger partial charge in [0.2, 0.25) is 5.91 Å². The SMILES string of the molecule is CC(C(=O)NC1CC1)N1CCN(S(=O)(=O)c2cn(C(C)C)cn2)CC1. The Kier molecular flexibility index (Phi) is 5.17. The molecular weight excluding hydrogens is 342 g/mol. The predicted octanol–water partition coefficient (Wildman–Crippen LogP) is 0.437. The number of aromatic nitrogens is 2. The smallest absolute Gasteiger partial charge is 0.262 e. The number of nitrogens with zero attached hydrogens (tertiary/aromatic N) is 4. The molecule has 1 N–H and O–H groups in total. The summed E-state index contributed by atoms with van der Waals surface area (Å²) < 4.78 is 28.7. The first-order valence-electron chi connectivity index (χ1n) is 8.87. The van der Waals surface area contributed by atoms with E-state index in [4.69, 9.17) is 0 Å². The van der Waals surface area contributed by atoms with E-state index >= 15 is 0 Å². The number of hydrogen-bond acceptors (Lipinski definition) is 5. The highest BCUT2D eigenvalue weighted by atomic mass is 32.2. The molecule has 1 aliphatic carbocycles. The van der Waals surface area contributed by atoms with E-state index in [1.165, 1.54) is 4.31 Å². The summed E-state index contributed by atoms with van der Waals surface area (Å²) in [4.78, 5) is 18.3. The number of carbonyl (C=O) groups is 1. The number of nitrogens with one attached hydrogen (secondary N) is 1. The minimum Gasteiger partial charge on any atom is -0.352 e. The molecule has 1 amide bonds. The molecule has 2 heterocycles. The van der Waals surface area contributed by atoms with Crippen LogP contribution in [0.15, 0.2) is 17.6 Å². The van der Waals surface area contributed by atoms with Crippen LogP contribution in [-0.4, -0.2) is 71.3 Å². The second kappa shape index (κ2) is 7.05. The van der Waals surface area contributed by atoms with Gasteiger partial charge in [0, 0.05) is 44.5 Å². The average Bonchev–Trinajstić information content (AvgIpc) is 3.24. The molecule has 2 fully saturated rings. The Morgan fingerprint density at radius 2 is 1.84 bits per heavy atom. The van der Waals surface area contributed by atoms with Gasteiger partial charge in [0.15, 0.2) is 5.03 Å². The summed E-state index contributed by atoms with van der Waals surface area (Å²) in [6, 6.07) is 0.275. The van der Waals surface area contributed by atoms with E-state index in [0.717, 1.165) is 12.8 Å². The van der Waals surface area contributed by atoms with Crippen molar-refractivity contribution in [2.75, 3.05) is 26.2 Å². The third-order valence-electron chi connectivity index (χ3n) is 4.90. The zero-order chi connectivity index (χ0) is 18.2. The van der Waals surface area contributed by atoms with E-state index in [2.05, 4.69) is 10.3 Å². The van der Waals surface area contributed by atoms with Crippen LogP contribution in [-0.2, 0) is 14.8 Å². The Balaban J connectivity index is 1.59. The second-order valence-corrected chi connectivity index (χ2v) is 9.04. The highest BCUT2D eigenvalue weighted by molar-refractivity contribution is 7.89. The van der Waals surface area contributed by atoms with Gasteiger partial charge >= 0.3 is 0 Å². The number of hydrogen-bond donors (Lipinski definition) is 1. The number of amides is 1. The van der Waals surface area contributed by atoms with E-state index in [1.54, 1.807) is 17.1 Å².